The lowest BCUT2D eigenvalue weighted by molar-refractivity contribution is -0.162. The van der Waals surface area contributed by atoms with Crippen molar-refractivity contribution >= 4 is 11.6 Å². The molecule has 0 aromatic heterocycles. The zero-order chi connectivity index (χ0) is 19.6. The van der Waals surface area contributed by atoms with E-state index in [0.29, 0.717) is 32.1 Å². The van der Waals surface area contributed by atoms with Crippen molar-refractivity contribution in [3.05, 3.63) is 11.6 Å². The second-order valence-electron chi connectivity index (χ2n) is 9.85. The first-order valence-electron chi connectivity index (χ1n) is 10.4. The zero-order valence-corrected chi connectivity index (χ0v) is 16.3. The molecule has 0 aromatic carbocycles. The first-order valence-corrected chi connectivity index (χ1v) is 10.4. The summed E-state index contributed by atoms with van der Waals surface area (Å²) in [4.78, 5) is 24.4. The van der Waals surface area contributed by atoms with Gasteiger partial charge in [0, 0.05) is 30.3 Å². The largest absolute Gasteiger partial charge is 0.396 e. The van der Waals surface area contributed by atoms with Gasteiger partial charge in [-0.05, 0) is 61.9 Å². The van der Waals surface area contributed by atoms with Gasteiger partial charge in [-0.25, -0.2) is 4.39 Å². The summed E-state index contributed by atoms with van der Waals surface area (Å²) in [6.45, 7) is 3.55. The van der Waals surface area contributed by atoms with Crippen LogP contribution in [0.2, 0.25) is 0 Å². The molecule has 27 heavy (non-hydrogen) atoms. The Morgan fingerprint density at radius 3 is 2.59 bits per heavy atom. The van der Waals surface area contributed by atoms with Gasteiger partial charge in [-0.15, -0.1) is 0 Å². The van der Waals surface area contributed by atoms with Crippen LogP contribution in [0.15, 0.2) is 11.6 Å². The summed E-state index contributed by atoms with van der Waals surface area (Å²) in [6.07, 6.45) is 5.57. The van der Waals surface area contributed by atoms with Crippen LogP contribution in [0.3, 0.4) is 0 Å². The fraction of sp³-hybridized carbons (Fsp3) is 0.818. The number of aliphatic hydroxyl groups is 2. The van der Waals surface area contributed by atoms with Crippen LogP contribution in [0.25, 0.3) is 0 Å². The highest BCUT2D eigenvalue weighted by Crippen LogP contribution is 2.70. The Kier molecular flexibility index (Phi) is 4.43. The minimum Gasteiger partial charge on any atom is -0.396 e. The summed E-state index contributed by atoms with van der Waals surface area (Å²) < 4.78 is 16.8. The van der Waals surface area contributed by atoms with Crippen LogP contribution in [0.5, 0.6) is 0 Å². The Morgan fingerprint density at radius 1 is 1.19 bits per heavy atom. The van der Waals surface area contributed by atoms with Crippen LogP contribution in [-0.4, -0.2) is 40.7 Å². The van der Waals surface area contributed by atoms with E-state index in [0.717, 1.165) is 18.4 Å². The van der Waals surface area contributed by atoms with Gasteiger partial charge in [0.25, 0.3) is 0 Å². The molecule has 2 N–H and O–H groups in total. The number of ketones is 2. The maximum Gasteiger partial charge on any atom is 0.161 e. The summed E-state index contributed by atoms with van der Waals surface area (Å²) >= 11 is 0. The maximum absolute atomic E-state index is 16.8. The van der Waals surface area contributed by atoms with E-state index in [2.05, 4.69) is 6.92 Å². The average Bonchev–Trinajstić information content (AvgIpc) is 3.00. The number of hydrogen-bond acceptors (Lipinski definition) is 4. The lowest BCUT2D eigenvalue weighted by Gasteiger charge is -2.62. The van der Waals surface area contributed by atoms with E-state index in [4.69, 9.17) is 0 Å². The van der Waals surface area contributed by atoms with Gasteiger partial charge in [-0.1, -0.05) is 19.4 Å². The molecule has 0 heterocycles. The predicted octanol–water partition coefficient (Wildman–Crippen LogP) is 3.01. The van der Waals surface area contributed by atoms with Crippen LogP contribution in [0.4, 0.5) is 4.39 Å². The van der Waals surface area contributed by atoms with E-state index in [1.807, 2.05) is 6.92 Å². The van der Waals surface area contributed by atoms with Gasteiger partial charge < -0.3 is 10.2 Å². The molecule has 0 radical (unpaired) electrons. The van der Waals surface area contributed by atoms with Gasteiger partial charge in [0.2, 0.25) is 0 Å². The second kappa shape index (κ2) is 6.21. The predicted molar refractivity (Wildman–Crippen MR) is 98.6 cm³/mol. The summed E-state index contributed by atoms with van der Waals surface area (Å²) in [5.41, 5.74) is -1.57. The highest BCUT2D eigenvalue weighted by Gasteiger charge is 2.68. The third kappa shape index (κ3) is 2.40. The molecule has 4 aliphatic carbocycles. The third-order valence-electron chi connectivity index (χ3n) is 9.00. The fourth-order valence-electron chi connectivity index (χ4n) is 7.46. The number of carbonyl (C=O) groups excluding carboxylic acids is 2. The number of alkyl halides is 1. The molecule has 5 heteroatoms. The summed E-state index contributed by atoms with van der Waals surface area (Å²) in [6, 6.07) is 0. The Hall–Kier alpha value is -1.07. The molecule has 4 nitrogen and oxygen atoms in total. The van der Waals surface area contributed by atoms with Crippen molar-refractivity contribution < 1.29 is 24.2 Å². The summed E-state index contributed by atoms with van der Waals surface area (Å²) in [5, 5.41) is 19.4. The highest BCUT2D eigenvalue weighted by molar-refractivity contribution is 5.92. The van der Waals surface area contributed by atoms with E-state index >= 15 is 4.39 Å². The number of fused-ring (bicyclic) bond motifs is 5. The number of Topliss-reactive ketones (excluding diaryl/α,β-unsaturated/α-hetero) is 1. The van der Waals surface area contributed by atoms with E-state index in [9.17, 15) is 19.8 Å². The molecule has 3 saturated carbocycles. The molecule has 4 rings (SSSR count). The van der Waals surface area contributed by atoms with Crippen molar-refractivity contribution in [3.8, 4) is 0 Å². The Bertz CT molecular complexity index is 702. The van der Waals surface area contributed by atoms with Gasteiger partial charge in [0.15, 0.2) is 11.6 Å². The third-order valence-corrected chi connectivity index (χ3v) is 9.00. The van der Waals surface area contributed by atoms with Crippen molar-refractivity contribution in [2.24, 2.45) is 34.5 Å². The van der Waals surface area contributed by atoms with Crippen LogP contribution < -0.4 is 0 Å². The maximum atomic E-state index is 16.8. The molecule has 0 unspecified atom stereocenters. The van der Waals surface area contributed by atoms with Crippen molar-refractivity contribution in [1.82, 2.24) is 0 Å². The van der Waals surface area contributed by atoms with E-state index in [1.54, 1.807) is 6.08 Å². The van der Waals surface area contributed by atoms with Crippen LogP contribution in [-0.2, 0) is 9.59 Å². The zero-order valence-electron chi connectivity index (χ0n) is 16.3. The molecular weight excluding hydrogens is 347 g/mol. The molecule has 3 fully saturated rings. The van der Waals surface area contributed by atoms with Crippen molar-refractivity contribution in [2.45, 2.75) is 64.5 Å². The molecule has 0 bridgehead atoms. The van der Waals surface area contributed by atoms with Crippen LogP contribution in [0.1, 0.15) is 58.8 Å². The highest BCUT2D eigenvalue weighted by atomic mass is 19.1. The summed E-state index contributed by atoms with van der Waals surface area (Å²) in [5.74, 6) is -0.568. The monoisotopic (exact) mass is 378 g/mol. The molecule has 0 amide bonds. The number of halogens is 1. The van der Waals surface area contributed by atoms with Crippen molar-refractivity contribution in [3.63, 3.8) is 0 Å². The van der Waals surface area contributed by atoms with Crippen molar-refractivity contribution in [2.75, 3.05) is 13.2 Å². The van der Waals surface area contributed by atoms with Gasteiger partial charge in [0.05, 0.1) is 0 Å². The first kappa shape index (κ1) is 19.3. The minimum absolute atomic E-state index is 0.0399. The first-order chi connectivity index (χ1) is 12.7. The van der Waals surface area contributed by atoms with Gasteiger partial charge >= 0.3 is 0 Å². The topological polar surface area (TPSA) is 74.6 Å². The average molecular weight is 378 g/mol. The van der Waals surface area contributed by atoms with Crippen LogP contribution >= 0.6 is 0 Å². The molecule has 0 saturated heterocycles. The molecule has 150 valence electrons. The van der Waals surface area contributed by atoms with E-state index in [1.165, 1.54) is 0 Å². The normalized spacial score (nSPS) is 49.1. The minimum atomic E-state index is -1.40. The molecular formula is C22H31FO4. The molecule has 0 spiro atoms. The van der Waals surface area contributed by atoms with E-state index < -0.39 is 17.7 Å². The molecule has 0 aliphatic heterocycles. The van der Waals surface area contributed by atoms with Crippen LogP contribution in [0, 0.1) is 34.5 Å². The number of carbonyl (C=O) groups is 2. The number of rotatable bonds is 3. The number of aliphatic hydroxyl groups excluding tert-OH is 2. The fourth-order valence-corrected chi connectivity index (χ4v) is 7.46. The standard InChI is InChI=1S/C22H31FO4/c1-20-7-8-22(23)18(15(20)3-4-16(20)19(27)12-25)9-13(11-24)17-10-14(26)5-6-21(17,22)2/h10,13,15-16,18,24-25H,3-9,11-12H2,1-2H3/t13-,15+,16-,18+,20+,21+,22-/m1/s1. The molecule has 7 atom stereocenters. The molecule has 0 aromatic rings. The lowest BCUT2D eigenvalue weighted by Crippen LogP contribution is -2.62. The van der Waals surface area contributed by atoms with Gasteiger partial charge in [-0.3, -0.25) is 9.59 Å². The lowest BCUT2D eigenvalue weighted by atomic mass is 9.43. The smallest absolute Gasteiger partial charge is 0.161 e. The Balaban J connectivity index is 1.76. The number of hydrogen-bond donors (Lipinski definition) is 2. The van der Waals surface area contributed by atoms with Gasteiger partial charge in [0.1, 0.15) is 12.3 Å². The molecule has 4 aliphatic rings. The Labute approximate surface area is 160 Å². The second-order valence-corrected chi connectivity index (χ2v) is 9.85. The Morgan fingerprint density at radius 2 is 1.93 bits per heavy atom. The van der Waals surface area contributed by atoms with Gasteiger partial charge in [-0.2, -0.15) is 0 Å². The van der Waals surface area contributed by atoms with Crippen molar-refractivity contribution in [1.29, 1.82) is 0 Å². The van der Waals surface area contributed by atoms with E-state index in [-0.39, 0.29) is 47.3 Å². The summed E-state index contributed by atoms with van der Waals surface area (Å²) in [7, 11) is 0. The quantitative estimate of drug-likeness (QED) is 0.792. The SMILES string of the molecule is C[C@]12CC[C@@]3(F)[C@@H](C[C@H](CO)C4=CC(=O)CC[C@@]43C)[C@@H]1CC[C@@H]2C(=O)CO.